The number of nitro benzene ring substituents is 1. The summed E-state index contributed by atoms with van der Waals surface area (Å²) in [6.07, 6.45) is 0.482. The lowest BCUT2D eigenvalue weighted by molar-refractivity contribution is -0.385. The van der Waals surface area contributed by atoms with Crippen molar-refractivity contribution in [3.63, 3.8) is 0 Å². The number of carbonyl (C=O) groups is 1. The molecule has 0 aliphatic carbocycles. The van der Waals surface area contributed by atoms with E-state index in [4.69, 9.17) is 9.84 Å². The van der Waals surface area contributed by atoms with Crippen molar-refractivity contribution in [2.45, 2.75) is 13.3 Å². The number of aromatic carboxylic acids is 1. The fourth-order valence-corrected chi connectivity index (χ4v) is 2.77. The Labute approximate surface area is 121 Å². The molecule has 0 spiro atoms. The topological polar surface area (TPSA) is 124 Å². The smallest absolute Gasteiger partial charge is 0.335 e. The average Bonchev–Trinajstić information content (AvgIpc) is 2.38. The van der Waals surface area contributed by atoms with Gasteiger partial charge in [0.15, 0.2) is 15.6 Å². The maximum atomic E-state index is 11.5. The van der Waals surface area contributed by atoms with Gasteiger partial charge in [0.25, 0.3) is 0 Å². The number of ether oxygens (including phenoxy) is 1. The largest absolute Gasteiger partial charge is 0.486 e. The van der Waals surface area contributed by atoms with Gasteiger partial charge in [0, 0.05) is 6.07 Å². The molecule has 0 bridgehead atoms. The van der Waals surface area contributed by atoms with E-state index >= 15 is 0 Å². The molecule has 0 saturated carbocycles. The SMILES string of the molecule is CCCS(=O)(=O)CCOc1ccc(C(=O)O)cc1[N+](=O)[O-]. The first-order valence-corrected chi connectivity index (χ1v) is 7.94. The van der Waals surface area contributed by atoms with Crippen LogP contribution in [-0.4, -0.2) is 42.5 Å². The zero-order chi connectivity index (χ0) is 16.0. The Kier molecular flexibility index (Phi) is 5.65. The molecule has 116 valence electrons. The Balaban J connectivity index is 2.84. The van der Waals surface area contributed by atoms with E-state index < -0.39 is 26.4 Å². The van der Waals surface area contributed by atoms with Crippen LogP contribution in [0.2, 0.25) is 0 Å². The van der Waals surface area contributed by atoms with Crippen LogP contribution in [0.5, 0.6) is 5.75 Å². The highest BCUT2D eigenvalue weighted by Gasteiger charge is 2.19. The molecule has 0 aliphatic heterocycles. The summed E-state index contributed by atoms with van der Waals surface area (Å²) < 4.78 is 28.1. The maximum absolute atomic E-state index is 11.5. The van der Waals surface area contributed by atoms with E-state index in [1.54, 1.807) is 6.92 Å². The Hall–Kier alpha value is -2.16. The van der Waals surface area contributed by atoms with Crippen LogP contribution in [0.4, 0.5) is 5.69 Å². The van der Waals surface area contributed by atoms with Crippen molar-refractivity contribution in [2.75, 3.05) is 18.1 Å². The van der Waals surface area contributed by atoms with Crippen molar-refractivity contribution in [3.05, 3.63) is 33.9 Å². The van der Waals surface area contributed by atoms with Gasteiger partial charge in [-0.15, -0.1) is 0 Å². The van der Waals surface area contributed by atoms with Gasteiger partial charge in [0.1, 0.15) is 6.61 Å². The van der Waals surface area contributed by atoms with E-state index in [0.29, 0.717) is 6.42 Å². The third-order valence-corrected chi connectivity index (χ3v) is 4.39. The Morgan fingerprint density at radius 2 is 2.05 bits per heavy atom. The second-order valence-electron chi connectivity index (χ2n) is 4.25. The number of nitrogens with zero attached hydrogens (tertiary/aromatic N) is 1. The van der Waals surface area contributed by atoms with Gasteiger partial charge >= 0.3 is 11.7 Å². The summed E-state index contributed by atoms with van der Waals surface area (Å²) in [5.41, 5.74) is -0.754. The van der Waals surface area contributed by atoms with Crippen molar-refractivity contribution in [2.24, 2.45) is 0 Å². The molecule has 0 saturated heterocycles. The number of carboxylic acid groups (broad SMARTS) is 1. The molecule has 21 heavy (non-hydrogen) atoms. The Bertz CT molecular complexity index is 639. The third-order valence-electron chi connectivity index (χ3n) is 2.57. The summed E-state index contributed by atoms with van der Waals surface area (Å²) >= 11 is 0. The number of sulfone groups is 1. The second kappa shape index (κ2) is 7.02. The number of hydrogen-bond donors (Lipinski definition) is 1. The standard InChI is InChI=1S/C12H15NO7S/c1-2-6-21(18,19)7-5-20-11-4-3-9(12(14)15)8-10(11)13(16)17/h3-4,8H,2,5-7H2,1H3,(H,14,15). The molecule has 9 heteroatoms. The minimum atomic E-state index is -3.25. The summed E-state index contributed by atoms with van der Waals surface area (Å²) in [5.74, 6) is -1.68. The van der Waals surface area contributed by atoms with Gasteiger partial charge in [-0.3, -0.25) is 10.1 Å². The van der Waals surface area contributed by atoms with Crippen LogP contribution in [0.1, 0.15) is 23.7 Å². The van der Waals surface area contributed by atoms with Gasteiger partial charge < -0.3 is 9.84 Å². The summed E-state index contributed by atoms with van der Waals surface area (Å²) in [7, 11) is -3.25. The molecule has 0 aliphatic rings. The van der Waals surface area contributed by atoms with E-state index in [1.165, 1.54) is 0 Å². The monoisotopic (exact) mass is 317 g/mol. The van der Waals surface area contributed by atoms with Crippen LogP contribution in [-0.2, 0) is 9.84 Å². The van der Waals surface area contributed by atoms with E-state index in [2.05, 4.69) is 0 Å². The van der Waals surface area contributed by atoms with E-state index in [1.807, 2.05) is 0 Å². The molecular weight excluding hydrogens is 302 g/mol. The molecule has 0 amide bonds. The molecule has 0 heterocycles. The van der Waals surface area contributed by atoms with Crippen LogP contribution in [0.3, 0.4) is 0 Å². The number of nitro groups is 1. The maximum Gasteiger partial charge on any atom is 0.335 e. The fourth-order valence-electron chi connectivity index (χ4n) is 1.61. The zero-order valence-corrected chi connectivity index (χ0v) is 12.1. The highest BCUT2D eigenvalue weighted by atomic mass is 32.2. The van der Waals surface area contributed by atoms with Crippen molar-refractivity contribution in [3.8, 4) is 5.75 Å². The van der Waals surface area contributed by atoms with Crippen LogP contribution >= 0.6 is 0 Å². The van der Waals surface area contributed by atoms with Gasteiger partial charge in [-0.1, -0.05) is 6.92 Å². The lowest BCUT2D eigenvalue weighted by Gasteiger charge is -2.07. The summed E-state index contributed by atoms with van der Waals surface area (Å²) in [6.45, 7) is 1.50. The molecule has 0 unspecified atom stereocenters. The lowest BCUT2D eigenvalue weighted by atomic mass is 10.2. The number of carboxylic acids is 1. The predicted octanol–water partition coefficient (Wildman–Crippen LogP) is 1.50. The van der Waals surface area contributed by atoms with E-state index in [0.717, 1.165) is 18.2 Å². The van der Waals surface area contributed by atoms with E-state index in [9.17, 15) is 23.3 Å². The van der Waals surface area contributed by atoms with Crippen LogP contribution < -0.4 is 4.74 Å². The van der Waals surface area contributed by atoms with Crippen LogP contribution in [0, 0.1) is 10.1 Å². The molecule has 1 rings (SSSR count). The van der Waals surface area contributed by atoms with Crippen LogP contribution in [0.15, 0.2) is 18.2 Å². The fraction of sp³-hybridized carbons (Fsp3) is 0.417. The van der Waals surface area contributed by atoms with Crippen molar-refractivity contribution in [1.29, 1.82) is 0 Å². The first kappa shape index (κ1) is 16.9. The Morgan fingerprint density at radius 1 is 1.38 bits per heavy atom. The molecule has 8 nitrogen and oxygen atoms in total. The van der Waals surface area contributed by atoms with Crippen molar-refractivity contribution < 1.29 is 28.0 Å². The van der Waals surface area contributed by atoms with Gasteiger partial charge in [-0.05, 0) is 18.6 Å². The minimum absolute atomic E-state index is 0.0242. The summed E-state index contributed by atoms with van der Waals surface area (Å²) in [6, 6.07) is 3.18. The third kappa shape index (κ3) is 5.03. The molecule has 0 fully saturated rings. The molecule has 0 aromatic heterocycles. The lowest BCUT2D eigenvalue weighted by Crippen LogP contribution is -2.17. The number of benzene rings is 1. The zero-order valence-electron chi connectivity index (χ0n) is 11.3. The molecule has 0 radical (unpaired) electrons. The summed E-state index contributed by atoms with van der Waals surface area (Å²) in [5, 5.41) is 19.7. The van der Waals surface area contributed by atoms with Gasteiger partial charge in [-0.2, -0.15) is 0 Å². The van der Waals surface area contributed by atoms with E-state index in [-0.39, 0.29) is 29.4 Å². The normalized spacial score (nSPS) is 11.1. The first-order valence-electron chi connectivity index (χ1n) is 6.12. The van der Waals surface area contributed by atoms with Crippen molar-refractivity contribution in [1.82, 2.24) is 0 Å². The van der Waals surface area contributed by atoms with Gasteiger partial charge in [0.2, 0.25) is 0 Å². The number of hydrogen-bond acceptors (Lipinski definition) is 6. The average molecular weight is 317 g/mol. The highest BCUT2D eigenvalue weighted by Crippen LogP contribution is 2.28. The Morgan fingerprint density at radius 3 is 2.57 bits per heavy atom. The predicted molar refractivity (Wildman–Crippen MR) is 74.5 cm³/mol. The first-order chi connectivity index (χ1) is 9.76. The quantitative estimate of drug-likeness (QED) is 0.569. The molecule has 0 atom stereocenters. The number of rotatable bonds is 8. The molecular formula is C12H15NO7S. The van der Waals surface area contributed by atoms with Crippen molar-refractivity contribution >= 4 is 21.5 Å². The summed E-state index contributed by atoms with van der Waals surface area (Å²) in [4.78, 5) is 20.9. The van der Waals surface area contributed by atoms with Crippen LogP contribution in [0.25, 0.3) is 0 Å². The molecule has 1 aromatic rings. The minimum Gasteiger partial charge on any atom is -0.486 e. The molecule has 1 aromatic carbocycles. The second-order valence-corrected chi connectivity index (χ2v) is 6.55. The van der Waals surface area contributed by atoms with Gasteiger partial charge in [0.05, 0.1) is 22.0 Å². The van der Waals surface area contributed by atoms with Gasteiger partial charge in [-0.25, -0.2) is 13.2 Å². The molecule has 1 N–H and O–H groups in total. The highest BCUT2D eigenvalue weighted by molar-refractivity contribution is 7.91.